The van der Waals surface area contributed by atoms with Gasteiger partial charge in [0.25, 0.3) is 0 Å². The molecule has 1 amide bonds. The van der Waals surface area contributed by atoms with Gasteiger partial charge in [-0.3, -0.25) is 9.59 Å². The molecule has 0 aliphatic carbocycles. The molecule has 0 saturated carbocycles. The summed E-state index contributed by atoms with van der Waals surface area (Å²) < 4.78 is 16.6. The Morgan fingerprint density at radius 3 is 2.88 bits per heavy atom. The number of carbonyl (C=O) groups excluding carboxylic acids is 2. The Bertz CT molecular complexity index is 1180. The number of anilines is 1. The van der Waals surface area contributed by atoms with Crippen LogP contribution in [-0.4, -0.2) is 29.7 Å². The number of benzene rings is 2. The number of aryl methyl sites for hydroxylation is 1. The Labute approximate surface area is 185 Å². The standard InChI is InChI=1S/C25H24N2O5/c1-15-5-3-4-6-21(15)27-13-19(11-24(27)28)25(29)30-14-20-12-23(32-26-20)17-7-8-22-18(10-17)9-16(2)31-22/h3-8,10,12,16,19H,9,11,13-14H2,1-2H3. The molecule has 3 aromatic rings. The Morgan fingerprint density at radius 2 is 2.03 bits per heavy atom. The van der Waals surface area contributed by atoms with E-state index in [1.165, 1.54) is 0 Å². The van der Waals surface area contributed by atoms with Crippen LogP contribution in [-0.2, 0) is 27.4 Å². The topological polar surface area (TPSA) is 81.9 Å². The highest BCUT2D eigenvalue weighted by molar-refractivity contribution is 6.00. The molecular weight excluding hydrogens is 408 g/mol. The van der Waals surface area contributed by atoms with Crippen LogP contribution < -0.4 is 9.64 Å². The SMILES string of the molecule is Cc1ccccc1N1CC(C(=O)OCc2cc(-c3ccc4c(c3)CC(C)O4)on2)CC1=O. The minimum atomic E-state index is -0.493. The number of rotatable bonds is 5. The smallest absolute Gasteiger partial charge is 0.311 e. The molecule has 2 atom stereocenters. The highest BCUT2D eigenvalue weighted by atomic mass is 16.5. The lowest BCUT2D eigenvalue weighted by atomic mass is 10.1. The number of fused-ring (bicyclic) bond motifs is 1. The zero-order valence-corrected chi connectivity index (χ0v) is 18.0. The molecule has 0 radical (unpaired) electrons. The number of aromatic nitrogens is 1. The Hall–Kier alpha value is -3.61. The van der Waals surface area contributed by atoms with E-state index in [1.807, 2.05) is 56.3 Å². The first kappa shape index (κ1) is 20.3. The second kappa shape index (κ2) is 8.15. The summed E-state index contributed by atoms with van der Waals surface area (Å²) in [7, 11) is 0. The van der Waals surface area contributed by atoms with Crippen LogP contribution in [0, 0.1) is 12.8 Å². The molecule has 2 aromatic carbocycles. The van der Waals surface area contributed by atoms with Crippen LogP contribution in [0.25, 0.3) is 11.3 Å². The maximum absolute atomic E-state index is 12.6. The lowest BCUT2D eigenvalue weighted by Crippen LogP contribution is -2.27. The van der Waals surface area contributed by atoms with Crippen molar-refractivity contribution in [3.8, 4) is 17.1 Å². The van der Waals surface area contributed by atoms with Crippen LogP contribution in [0.1, 0.15) is 30.2 Å². The number of hydrogen-bond acceptors (Lipinski definition) is 6. The van der Waals surface area contributed by atoms with Gasteiger partial charge in [-0.1, -0.05) is 23.4 Å². The first-order valence-electron chi connectivity index (χ1n) is 10.8. The molecule has 0 bridgehead atoms. The van der Waals surface area contributed by atoms with Gasteiger partial charge in [0.1, 0.15) is 24.2 Å². The Morgan fingerprint density at radius 1 is 1.19 bits per heavy atom. The normalized spacial score (nSPS) is 19.7. The summed E-state index contributed by atoms with van der Waals surface area (Å²) in [6.45, 7) is 4.31. The molecule has 1 fully saturated rings. The monoisotopic (exact) mass is 432 g/mol. The third-order valence-corrected chi connectivity index (χ3v) is 5.97. The summed E-state index contributed by atoms with van der Waals surface area (Å²) in [6.07, 6.45) is 1.18. The first-order chi connectivity index (χ1) is 15.5. The molecule has 3 heterocycles. The second-order valence-electron chi connectivity index (χ2n) is 8.44. The van der Waals surface area contributed by atoms with E-state index in [2.05, 4.69) is 5.16 Å². The minimum absolute atomic E-state index is 0.00245. The van der Waals surface area contributed by atoms with Crippen molar-refractivity contribution < 1.29 is 23.6 Å². The van der Waals surface area contributed by atoms with E-state index in [9.17, 15) is 9.59 Å². The van der Waals surface area contributed by atoms with Crippen molar-refractivity contribution in [1.29, 1.82) is 0 Å². The maximum Gasteiger partial charge on any atom is 0.311 e. The molecule has 5 rings (SSSR count). The van der Waals surface area contributed by atoms with Gasteiger partial charge in [-0.25, -0.2) is 0 Å². The number of amides is 1. The van der Waals surface area contributed by atoms with E-state index in [0.29, 0.717) is 18.0 Å². The molecule has 0 N–H and O–H groups in total. The van der Waals surface area contributed by atoms with Gasteiger partial charge < -0.3 is 18.9 Å². The number of esters is 1. The van der Waals surface area contributed by atoms with Crippen LogP contribution >= 0.6 is 0 Å². The molecule has 1 aromatic heterocycles. The zero-order chi connectivity index (χ0) is 22.2. The molecule has 7 heteroatoms. The van der Waals surface area contributed by atoms with E-state index in [0.717, 1.165) is 34.5 Å². The van der Waals surface area contributed by atoms with Gasteiger partial charge in [0.15, 0.2) is 5.76 Å². The predicted octanol–water partition coefficient (Wildman–Crippen LogP) is 4.07. The van der Waals surface area contributed by atoms with Crippen molar-refractivity contribution in [2.24, 2.45) is 5.92 Å². The van der Waals surface area contributed by atoms with Gasteiger partial charge in [-0.15, -0.1) is 0 Å². The highest BCUT2D eigenvalue weighted by Gasteiger charge is 2.36. The van der Waals surface area contributed by atoms with Crippen LogP contribution in [0.15, 0.2) is 53.1 Å². The van der Waals surface area contributed by atoms with Crippen LogP contribution in [0.3, 0.4) is 0 Å². The van der Waals surface area contributed by atoms with Crippen molar-refractivity contribution in [3.05, 3.63) is 65.4 Å². The lowest BCUT2D eigenvalue weighted by molar-refractivity contribution is -0.149. The molecule has 2 aliphatic heterocycles. The summed E-state index contributed by atoms with van der Waals surface area (Å²) >= 11 is 0. The number of hydrogen-bond donors (Lipinski definition) is 0. The van der Waals surface area contributed by atoms with Crippen molar-refractivity contribution >= 4 is 17.6 Å². The average molecular weight is 432 g/mol. The van der Waals surface area contributed by atoms with E-state index in [4.69, 9.17) is 14.0 Å². The number of carbonyl (C=O) groups is 2. The van der Waals surface area contributed by atoms with E-state index >= 15 is 0 Å². The molecule has 0 spiro atoms. The maximum atomic E-state index is 12.6. The van der Waals surface area contributed by atoms with Gasteiger partial charge in [0.05, 0.1) is 5.92 Å². The third kappa shape index (κ3) is 3.86. The molecule has 1 saturated heterocycles. The lowest BCUT2D eigenvalue weighted by Gasteiger charge is -2.18. The molecular formula is C25H24N2O5. The second-order valence-corrected chi connectivity index (χ2v) is 8.44. The van der Waals surface area contributed by atoms with Crippen LogP contribution in [0.5, 0.6) is 5.75 Å². The highest BCUT2D eigenvalue weighted by Crippen LogP contribution is 2.33. The fourth-order valence-corrected chi connectivity index (χ4v) is 4.32. The van der Waals surface area contributed by atoms with E-state index < -0.39 is 11.9 Å². The predicted molar refractivity (Wildman–Crippen MR) is 117 cm³/mol. The van der Waals surface area contributed by atoms with E-state index in [-0.39, 0.29) is 25.0 Å². The summed E-state index contributed by atoms with van der Waals surface area (Å²) in [4.78, 5) is 26.7. The molecule has 7 nitrogen and oxygen atoms in total. The van der Waals surface area contributed by atoms with Gasteiger partial charge in [0.2, 0.25) is 5.91 Å². The van der Waals surface area contributed by atoms with Crippen LogP contribution in [0.2, 0.25) is 0 Å². The van der Waals surface area contributed by atoms with Gasteiger partial charge >= 0.3 is 5.97 Å². The number of para-hydroxylation sites is 1. The zero-order valence-electron chi connectivity index (χ0n) is 18.0. The number of nitrogens with zero attached hydrogens (tertiary/aromatic N) is 2. The third-order valence-electron chi connectivity index (χ3n) is 5.97. The molecule has 2 aliphatic rings. The van der Waals surface area contributed by atoms with Gasteiger partial charge in [-0.2, -0.15) is 0 Å². The van der Waals surface area contributed by atoms with Crippen molar-refractivity contribution in [2.45, 2.75) is 39.4 Å². The quantitative estimate of drug-likeness (QED) is 0.566. The van der Waals surface area contributed by atoms with Crippen molar-refractivity contribution in [3.63, 3.8) is 0 Å². The summed E-state index contributed by atoms with van der Waals surface area (Å²) in [6, 6.07) is 15.3. The first-order valence-corrected chi connectivity index (χ1v) is 10.8. The summed E-state index contributed by atoms with van der Waals surface area (Å²) in [5, 5.41) is 4.03. The largest absolute Gasteiger partial charge is 0.490 e. The van der Waals surface area contributed by atoms with Crippen LogP contribution in [0.4, 0.5) is 5.69 Å². The Balaban J connectivity index is 1.20. The summed E-state index contributed by atoms with van der Waals surface area (Å²) in [5.74, 6) is 0.552. The van der Waals surface area contributed by atoms with Gasteiger partial charge in [0, 0.05) is 36.7 Å². The summed E-state index contributed by atoms with van der Waals surface area (Å²) in [5.41, 5.74) is 4.41. The fourth-order valence-electron chi connectivity index (χ4n) is 4.32. The van der Waals surface area contributed by atoms with Gasteiger partial charge in [-0.05, 0) is 49.2 Å². The molecule has 2 unspecified atom stereocenters. The van der Waals surface area contributed by atoms with E-state index in [1.54, 1.807) is 11.0 Å². The average Bonchev–Trinajstić information content (AvgIpc) is 3.49. The number of ether oxygens (including phenoxy) is 2. The van der Waals surface area contributed by atoms with Crippen molar-refractivity contribution in [2.75, 3.05) is 11.4 Å². The Kier molecular flexibility index (Phi) is 5.17. The molecule has 164 valence electrons. The molecule has 32 heavy (non-hydrogen) atoms. The minimum Gasteiger partial charge on any atom is -0.490 e. The van der Waals surface area contributed by atoms with Crippen molar-refractivity contribution in [1.82, 2.24) is 5.16 Å². The fraction of sp³-hybridized carbons (Fsp3) is 0.320.